The zero-order valence-corrected chi connectivity index (χ0v) is 11.0. The van der Waals surface area contributed by atoms with Crippen LogP contribution in [0.15, 0.2) is 0 Å². The summed E-state index contributed by atoms with van der Waals surface area (Å²) in [4.78, 5) is 30.8. The molecule has 0 aliphatic rings. The largest absolute Gasteiger partial charge is 0.508 e. The van der Waals surface area contributed by atoms with Gasteiger partial charge in [-0.15, -0.1) is 0 Å². The van der Waals surface area contributed by atoms with Crippen LogP contribution in [0.3, 0.4) is 0 Å². The van der Waals surface area contributed by atoms with Crippen molar-refractivity contribution in [1.29, 1.82) is 0 Å². The molecule has 0 aromatic carbocycles. The van der Waals surface area contributed by atoms with Gasteiger partial charge in [-0.1, -0.05) is 0 Å². The van der Waals surface area contributed by atoms with E-state index < -0.39 is 38.2 Å². The highest BCUT2D eigenvalue weighted by atomic mass is 32.2. The van der Waals surface area contributed by atoms with Crippen molar-refractivity contribution in [2.24, 2.45) is 5.73 Å². The Balaban J connectivity index is 4.29. The number of carboxylic acid groups (broad SMARTS) is 1. The van der Waals surface area contributed by atoms with E-state index in [-0.39, 0.29) is 0 Å². The Morgan fingerprint density at radius 1 is 1.53 bits per heavy atom. The number of amides is 1. The second-order valence-electron chi connectivity index (χ2n) is 3.32. The number of hydrogen-bond donors (Lipinski definition) is 4. The molecule has 0 aromatic heterocycles. The molecule has 0 fully saturated rings. The maximum absolute atomic E-state index is 11.5. The Bertz CT molecular complexity index is 302. The molecule has 0 saturated carbocycles. The van der Waals surface area contributed by atoms with Crippen LogP contribution in [-0.4, -0.2) is 52.1 Å². The highest BCUT2D eigenvalue weighted by Gasteiger charge is 2.30. The number of nitrogens with two attached hydrogens (primary N) is 1. The van der Waals surface area contributed by atoms with E-state index in [1.54, 1.807) is 0 Å². The van der Waals surface area contributed by atoms with Gasteiger partial charge in [-0.25, -0.2) is 4.79 Å². The Kier molecular flexibility index (Phi) is 8.07. The topological polar surface area (TPSA) is 130 Å². The van der Waals surface area contributed by atoms with Gasteiger partial charge in [0.1, 0.15) is 0 Å². The summed E-state index contributed by atoms with van der Waals surface area (Å²) in [5, 5.41) is 10.9. The number of rotatable bonds is 8. The van der Waals surface area contributed by atoms with E-state index in [1.807, 2.05) is 6.26 Å². The van der Waals surface area contributed by atoms with Crippen LogP contribution < -0.4 is 11.1 Å². The fourth-order valence-corrected chi connectivity index (χ4v) is 2.05. The minimum atomic E-state index is -2.62. The Hall–Kier alpha value is -0.690. The van der Waals surface area contributed by atoms with E-state index in [2.05, 4.69) is 5.32 Å². The van der Waals surface area contributed by atoms with Gasteiger partial charge < -0.3 is 16.2 Å². The van der Waals surface area contributed by atoms with E-state index in [0.29, 0.717) is 12.2 Å². The number of hydrogen-bond acceptors (Lipinski definition) is 5. The first kappa shape index (κ1) is 16.3. The fourth-order valence-electron chi connectivity index (χ4n) is 0.996. The first-order chi connectivity index (χ1) is 7.88. The van der Waals surface area contributed by atoms with Crippen molar-refractivity contribution < 1.29 is 24.2 Å². The van der Waals surface area contributed by atoms with Crippen molar-refractivity contribution in [2.75, 3.05) is 18.2 Å². The van der Waals surface area contributed by atoms with E-state index in [9.17, 15) is 14.2 Å². The predicted molar refractivity (Wildman–Crippen MR) is 65.2 cm³/mol. The molecule has 0 saturated heterocycles. The van der Waals surface area contributed by atoms with Crippen LogP contribution >= 0.6 is 19.8 Å². The van der Waals surface area contributed by atoms with Crippen LogP contribution in [-0.2, 0) is 14.2 Å². The molecule has 0 radical (unpaired) electrons. The summed E-state index contributed by atoms with van der Waals surface area (Å²) < 4.78 is 10.5. The Morgan fingerprint density at radius 3 is 2.53 bits per heavy atom. The molecule has 0 heterocycles. The van der Waals surface area contributed by atoms with Crippen molar-refractivity contribution in [3.05, 3.63) is 0 Å². The average Bonchev–Trinajstić information content (AvgIpc) is 2.23. The Labute approximate surface area is 104 Å². The van der Waals surface area contributed by atoms with E-state index in [4.69, 9.17) is 15.7 Å². The Morgan fingerprint density at radius 2 is 2.12 bits per heavy atom. The van der Waals surface area contributed by atoms with Crippen molar-refractivity contribution in [2.45, 2.75) is 18.5 Å². The monoisotopic (exact) mass is 283 g/mol. The van der Waals surface area contributed by atoms with E-state index >= 15 is 0 Å². The molecular formula is C8H16N2O5PS+. The predicted octanol–water partition coefficient (Wildman–Crippen LogP) is -0.629. The van der Waals surface area contributed by atoms with Gasteiger partial charge in [-0.3, -0.25) is 4.79 Å². The molecule has 0 bridgehead atoms. The first-order valence-electron chi connectivity index (χ1n) is 4.79. The lowest BCUT2D eigenvalue weighted by molar-refractivity contribution is -0.141. The van der Waals surface area contributed by atoms with E-state index in [1.165, 1.54) is 11.8 Å². The third-order valence-electron chi connectivity index (χ3n) is 1.92. The lowest BCUT2D eigenvalue weighted by Gasteiger charge is -2.14. The lowest BCUT2D eigenvalue weighted by Crippen LogP contribution is -2.49. The standard InChI is InChI=1S/C8H15N2O5PS/c1-17-3-2-5(9)7(11)10-6(8(12)13)4-16(14)15/h5-6H,2-4,9H2,1H3,(H2-,10,11,12,13,14,15)/p+1/t5-,6?/m0/s1. The normalized spacial score (nSPS) is 14.9. The average molecular weight is 283 g/mol. The van der Waals surface area contributed by atoms with Crippen LogP contribution in [0, 0.1) is 0 Å². The molecule has 17 heavy (non-hydrogen) atoms. The third kappa shape index (κ3) is 7.27. The quantitative estimate of drug-likeness (QED) is 0.436. The van der Waals surface area contributed by atoms with Gasteiger partial charge in [-0.05, 0) is 23.0 Å². The van der Waals surface area contributed by atoms with Gasteiger partial charge in [0.15, 0.2) is 6.04 Å². The number of carbonyl (C=O) groups is 2. The molecule has 3 atom stereocenters. The van der Waals surface area contributed by atoms with Gasteiger partial charge in [0, 0.05) is 0 Å². The summed E-state index contributed by atoms with van der Waals surface area (Å²) in [6.45, 7) is 0. The van der Waals surface area contributed by atoms with Crippen molar-refractivity contribution >= 4 is 31.7 Å². The smallest absolute Gasteiger partial charge is 0.480 e. The molecule has 0 aliphatic carbocycles. The number of thioether (sulfide) groups is 1. The second-order valence-corrected chi connectivity index (χ2v) is 5.38. The van der Waals surface area contributed by atoms with Crippen molar-refractivity contribution in [3.8, 4) is 0 Å². The van der Waals surface area contributed by atoms with Crippen LogP contribution in [0.5, 0.6) is 0 Å². The van der Waals surface area contributed by atoms with Crippen LogP contribution in [0.1, 0.15) is 6.42 Å². The number of carbonyl (C=O) groups excluding carboxylic acids is 1. The third-order valence-corrected chi connectivity index (χ3v) is 3.24. The van der Waals surface area contributed by atoms with Gasteiger partial charge in [0.2, 0.25) is 12.1 Å². The summed E-state index contributed by atoms with van der Waals surface area (Å²) in [5.74, 6) is -1.29. The highest BCUT2D eigenvalue weighted by molar-refractivity contribution is 7.98. The molecule has 1 amide bonds. The molecule has 5 N–H and O–H groups in total. The number of carboxylic acids is 1. The van der Waals surface area contributed by atoms with Gasteiger partial charge in [-0.2, -0.15) is 16.7 Å². The summed E-state index contributed by atoms with van der Waals surface area (Å²) in [6, 6.07) is -2.18. The molecule has 2 unspecified atom stereocenters. The lowest BCUT2D eigenvalue weighted by atomic mass is 10.2. The van der Waals surface area contributed by atoms with Crippen molar-refractivity contribution in [1.82, 2.24) is 5.32 Å². The second kappa shape index (κ2) is 8.41. The minimum absolute atomic E-state index is 0.421. The molecule has 0 aliphatic heterocycles. The number of nitrogens with one attached hydrogen (secondary N) is 1. The van der Waals surface area contributed by atoms with Gasteiger partial charge in [0.25, 0.3) is 0 Å². The fraction of sp³-hybridized carbons (Fsp3) is 0.750. The molecular weight excluding hydrogens is 267 g/mol. The summed E-state index contributed by atoms with van der Waals surface area (Å²) >= 11 is 1.52. The van der Waals surface area contributed by atoms with Gasteiger partial charge >= 0.3 is 14.0 Å². The molecule has 0 spiro atoms. The zero-order valence-electron chi connectivity index (χ0n) is 9.33. The van der Waals surface area contributed by atoms with Crippen LogP contribution in [0.4, 0.5) is 0 Å². The highest BCUT2D eigenvalue weighted by Crippen LogP contribution is 2.14. The molecule has 98 valence electrons. The maximum Gasteiger partial charge on any atom is 0.508 e. The molecule has 9 heteroatoms. The SMILES string of the molecule is CSCC[C@H](N)C(=O)NC(C[P+](=O)O)C(=O)O. The summed E-state index contributed by atoms with van der Waals surface area (Å²) in [7, 11) is -2.62. The maximum atomic E-state index is 11.5. The summed E-state index contributed by atoms with van der Waals surface area (Å²) in [6.07, 6.45) is 1.76. The van der Waals surface area contributed by atoms with Crippen LogP contribution in [0.25, 0.3) is 0 Å². The zero-order chi connectivity index (χ0) is 13.4. The molecule has 0 rings (SSSR count). The first-order valence-corrected chi connectivity index (χ1v) is 7.58. The molecule has 7 nitrogen and oxygen atoms in total. The van der Waals surface area contributed by atoms with Gasteiger partial charge in [0.05, 0.1) is 6.04 Å². The van der Waals surface area contributed by atoms with E-state index in [0.717, 1.165) is 0 Å². The summed E-state index contributed by atoms with van der Waals surface area (Å²) in [5.41, 5.74) is 5.53. The minimum Gasteiger partial charge on any atom is -0.480 e. The van der Waals surface area contributed by atoms with Crippen molar-refractivity contribution in [3.63, 3.8) is 0 Å². The number of aliphatic carboxylic acids is 1. The molecule has 0 aromatic rings. The van der Waals surface area contributed by atoms with Crippen LogP contribution in [0.2, 0.25) is 0 Å².